The Morgan fingerprint density at radius 2 is 1.96 bits per heavy atom. The van der Waals surface area contributed by atoms with E-state index in [1.165, 1.54) is 19.2 Å². The van der Waals surface area contributed by atoms with Gasteiger partial charge < -0.3 is 9.64 Å². The summed E-state index contributed by atoms with van der Waals surface area (Å²) in [6.45, 7) is 8.46. The molecule has 1 amide bonds. The van der Waals surface area contributed by atoms with Crippen LogP contribution in [0.15, 0.2) is 64.0 Å². The molecule has 0 atom stereocenters. The molecule has 150 valence electrons. The van der Waals surface area contributed by atoms with Crippen molar-refractivity contribution in [2.24, 2.45) is 0 Å². The van der Waals surface area contributed by atoms with Crippen molar-refractivity contribution in [3.8, 4) is 5.75 Å². The van der Waals surface area contributed by atoms with E-state index in [0.29, 0.717) is 34.6 Å². The number of carbonyl (C=O) groups is 1. The maximum atomic E-state index is 12.8. The number of likely N-dealkylation sites (N-methyl/N-ethyl adjacent to an activating group) is 1. The number of anilines is 1. The third kappa shape index (κ3) is 5.36. The van der Waals surface area contributed by atoms with Crippen LogP contribution in [0.4, 0.5) is 5.69 Å². The Labute approximate surface area is 174 Å². The Morgan fingerprint density at radius 1 is 1.25 bits per heavy atom. The van der Waals surface area contributed by atoms with Crippen LogP contribution in [0.5, 0.6) is 5.75 Å². The van der Waals surface area contributed by atoms with E-state index in [-0.39, 0.29) is 10.8 Å². The normalized spacial score (nSPS) is 11.0. The van der Waals surface area contributed by atoms with Crippen molar-refractivity contribution in [1.82, 2.24) is 4.90 Å². The number of methoxy groups -OCH3 is 1. The predicted octanol–water partition coefficient (Wildman–Crippen LogP) is 4.30. The summed E-state index contributed by atoms with van der Waals surface area (Å²) in [4.78, 5) is 14.3. The van der Waals surface area contributed by atoms with E-state index in [9.17, 15) is 13.2 Å². The fraction of sp³-hybridized carbons (Fsp3) is 0.250. The fourth-order valence-electron chi connectivity index (χ4n) is 2.58. The van der Waals surface area contributed by atoms with Crippen LogP contribution in [0.3, 0.4) is 0 Å². The number of rotatable bonds is 8. The predicted molar refractivity (Wildman–Crippen MR) is 114 cm³/mol. The maximum absolute atomic E-state index is 12.8. The summed E-state index contributed by atoms with van der Waals surface area (Å²) in [7, 11) is -2.33. The molecule has 0 fully saturated rings. The molecule has 0 heterocycles. The van der Waals surface area contributed by atoms with Crippen LogP contribution in [-0.4, -0.2) is 39.4 Å². The SMILES string of the molecule is C=C(C)CN(CC)C(=O)c1cccc(S(=O)(=O)Nc2ccc(OC)c(Br)c2)c1. The molecule has 0 aliphatic rings. The number of sulfonamides is 1. The number of nitrogens with one attached hydrogen (secondary N) is 1. The van der Waals surface area contributed by atoms with Gasteiger partial charge in [0, 0.05) is 18.7 Å². The minimum atomic E-state index is -3.86. The Hall–Kier alpha value is -2.32. The average molecular weight is 467 g/mol. The topological polar surface area (TPSA) is 75.7 Å². The summed E-state index contributed by atoms with van der Waals surface area (Å²) in [5, 5.41) is 0. The highest BCUT2D eigenvalue weighted by Crippen LogP contribution is 2.29. The average Bonchev–Trinajstić information content (AvgIpc) is 2.65. The largest absolute Gasteiger partial charge is 0.496 e. The summed E-state index contributed by atoms with van der Waals surface area (Å²) in [5.74, 6) is 0.349. The van der Waals surface area contributed by atoms with Crippen LogP contribution >= 0.6 is 15.9 Å². The lowest BCUT2D eigenvalue weighted by Crippen LogP contribution is -2.32. The molecule has 0 aromatic heterocycles. The lowest BCUT2D eigenvalue weighted by Gasteiger charge is -2.21. The second-order valence-electron chi connectivity index (χ2n) is 6.26. The number of hydrogen-bond donors (Lipinski definition) is 1. The van der Waals surface area contributed by atoms with Crippen molar-refractivity contribution >= 4 is 37.5 Å². The van der Waals surface area contributed by atoms with Crippen molar-refractivity contribution in [1.29, 1.82) is 0 Å². The molecule has 8 heteroatoms. The quantitative estimate of drug-likeness (QED) is 0.588. The summed E-state index contributed by atoms with van der Waals surface area (Å²) in [6, 6.07) is 10.8. The van der Waals surface area contributed by atoms with E-state index in [1.54, 1.807) is 35.2 Å². The number of halogens is 1. The first-order valence-electron chi connectivity index (χ1n) is 8.58. The molecule has 0 saturated heterocycles. The van der Waals surface area contributed by atoms with Crippen LogP contribution in [-0.2, 0) is 10.0 Å². The Bertz CT molecular complexity index is 989. The van der Waals surface area contributed by atoms with Gasteiger partial charge in [0.1, 0.15) is 5.75 Å². The minimum Gasteiger partial charge on any atom is -0.496 e. The van der Waals surface area contributed by atoms with Crippen LogP contribution < -0.4 is 9.46 Å². The van der Waals surface area contributed by atoms with Gasteiger partial charge in [-0.1, -0.05) is 18.2 Å². The van der Waals surface area contributed by atoms with Crippen molar-refractivity contribution in [3.63, 3.8) is 0 Å². The zero-order valence-corrected chi connectivity index (χ0v) is 18.4. The van der Waals surface area contributed by atoms with E-state index in [1.807, 2.05) is 13.8 Å². The fourth-order valence-corrected chi connectivity index (χ4v) is 4.21. The number of carbonyl (C=O) groups excluding carboxylic acids is 1. The van der Waals surface area contributed by atoms with E-state index in [0.717, 1.165) is 5.57 Å². The number of benzene rings is 2. The highest BCUT2D eigenvalue weighted by molar-refractivity contribution is 9.10. The van der Waals surface area contributed by atoms with E-state index in [4.69, 9.17) is 4.74 Å². The Balaban J connectivity index is 2.29. The molecule has 2 aromatic rings. The van der Waals surface area contributed by atoms with Crippen molar-refractivity contribution in [2.75, 3.05) is 24.9 Å². The number of amides is 1. The second-order valence-corrected chi connectivity index (χ2v) is 8.80. The Kier molecular flexibility index (Phi) is 7.26. The first-order valence-corrected chi connectivity index (χ1v) is 10.9. The number of nitrogens with zero attached hydrogens (tertiary/aromatic N) is 1. The number of hydrogen-bond acceptors (Lipinski definition) is 4. The van der Waals surface area contributed by atoms with Gasteiger partial charge in [-0.05, 0) is 66.2 Å². The van der Waals surface area contributed by atoms with Gasteiger partial charge in [0.15, 0.2) is 0 Å². The minimum absolute atomic E-state index is 0.0108. The molecule has 2 aromatic carbocycles. The summed E-state index contributed by atoms with van der Waals surface area (Å²) < 4.78 is 33.8. The molecule has 0 saturated carbocycles. The molecule has 0 aliphatic carbocycles. The van der Waals surface area contributed by atoms with Gasteiger partial charge in [0.2, 0.25) is 0 Å². The lowest BCUT2D eigenvalue weighted by atomic mass is 10.2. The van der Waals surface area contributed by atoms with Crippen LogP contribution in [0.2, 0.25) is 0 Å². The summed E-state index contributed by atoms with van der Waals surface area (Å²) in [6.07, 6.45) is 0. The molecular weight excluding hydrogens is 444 g/mol. The van der Waals surface area contributed by atoms with Crippen LogP contribution in [0, 0.1) is 0 Å². The molecule has 0 bridgehead atoms. The third-order valence-corrected chi connectivity index (χ3v) is 5.92. The van der Waals surface area contributed by atoms with Crippen molar-refractivity contribution < 1.29 is 17.9 Å². The smallest absolute Gasteiger partial charge is 0.261 e. The Morgan fingerprint density at radius 3 is 2.54 bits per heavy atom. The van der Waals surface area contributed by atoms with E-state index < -0.39 is 10.0 Å². The van der Waals surface area contributed by atoms with Gasteiger partial charge in [0.05, 0.1) is 22.2 Å². The molecule has 6 nitrogen and oxygen atoms in total. The highest BCUT2D eigenvalue weighted by atomic mass is 79.9. The molecule has 1 N–H and O–H groups in total. The lowest BCUT2D eigenvalue weighted by molar-refractivity contribution is 0.0778. The van der Waals surface area contributed by atoms with Crippen molar-refractivity contribution in [3.05, 3.63) is 64.7 Å². The molecule has 0 radical (unpaired) electrons. The van der Waals surface area contributed by atoms with E-state index >= 15 is 0 Å². The second kappa shape index (κ2) is 9.25. The standard InChI is InChI=1S/C20H23BrN2O4S/c1-5-23(13-14(2)3)20(24)15-7-6-8-17(11-15)28(25,26)22-16-9-10-19(27-4)18(21)12-16/h6-12,22H,2,5,13H2,1,3-4H3. The van der Waals surface area contributed by atoms with Gasteiger partial charge in [-0.25, -0.2) is 8.42 Å². The monoisotopic (exact) mass is 466 g/mol. The molecule has 2 rings (SSSR count). The molecule has 0 aliphatic heterocycles. The maximum Gasteiger partial charge on any atom is 0.261 e. The van der Waals surface area contributed by atoms with Crippen LogP contribution in [0.25, 0.3) is 0 Å². The first-order chi connectivity index (χ1) is 13.2. The van der Waals surface area contributed by atoms with Gasteiger partial charge >= 0.3 is 0 Å². The molecule has 28 heavy (non-hydrogen) atoms. The van der Waals surface area contributed by atoms with Gasteiger partial charge in [-0.3, -0.25) is 9.52 Å². The summed E-state index contributed by atoms with van der Waals surface area (Å²) in [5.41, 5.74) is 1.54. The van der Waals surface area contributed by atoms with Crippen LogP contribution in [0.1, 0.15) is 24.2 Å². The third-order valence-electron chi connectivity index (χ3n) is 3.93. The number of ether oxygens (including phenoxy) is 1. The zero-order chi connectivity index (χ0) is 20.9. The van der Waals surface area contributed by atoms with E-state index in [2.05, 4.69) is 27.2 Å². The van der Waals surface area contributed by atoms with Crippen molar-refractivity contribution in [2.45, 2.75) is 18.7 Å². The zero-order valence-electron chi connectivity index (χ0n) is 16.0. The highest BCUT2D eigenvalue weighted by Gasteiger charge is 2.19. The summed E-state index contributed by atoms with van der Waals surface area (Å²) >= 11 is 3.33. The first kappa shape index (κ1) is 22.0. The molecule has 0 spiro atoms. The van der Waals surface area contributed by atoms with Gasteiger partial charge in [-0.2, -0.15) is 0 Å². The van der Waals surface area contributed by atoms with Gasteiger partial charge in [0.25, 0.3) is 15.9 Å². The molecule has 0 unspecified atom stereocenters. The van der Waals surface area contributed by atoms with Gasteiger partial charge in [-0.15, -0.1) is 0 Å². The molecular formula is C20H23BrN2O4S.